The summed E-state index contributed by atoms with van der Waals surface area (Å²) in [5, 5.41) is 16.3. The summed E-state index contributed by atoms with van der Waals surface area (Å²) in [7, 11) is -3.25. The monoisotopic (exact) mass is 256 g/mol. The summed E-state index contributed by atoms with van der Waals surface area (Å²) in [6.45, 7) is 6.70. The second-order valence-electron chi connectivity index (χ2n) is 4.74. The van der Waals surface area contributed by atoms with E-state index in [1.165, 1.54) is 0 Å². The predicted molar refractivity (Wildman–Crippen MR) is 66.6 cm³/mol. The fourth-order valence-electron chi connectivity index (χ4n) is 1.77. The Balaban J connectivity index is 4.68. The van der Waals surface area contributed by atoms with E-state index in [0.717, 1.165) is 0 Å². The molecule has 0 heterocycles. The lowest BCUT2D eigenvalue weighted by Crippen LogP contribution is -2.30. The third-order valence-electron chi connectivity index (χ3n) is 2.93. The Kier molecular flexibility index (Phi) is 6.20. The first-order chi connectivity index (χ1) is 7.75. The summed E-state index contributed by atoms with van der Waals surface area (Å²) >= 11 is 0. The first kappa shape index (κ1) is 15.9. The molecule has 0 radical (unpaired) electrons. The third kappa shape index (κ3) is 4.75. The minimum atomic E-state index is -3.25. The van der Waals surface area contributed by atoms with Crippen molar-refractivity contribution in [1.29, 1.82) is 10.5 Å². The van der Waals surface area contributed by atoms with Gasteiger partial charge in [0, 0.05) is 11.8 Å². The Hall–Kier alpha value is -1.07. The van der Waals surface area contributed by atoms with E-state index in [9.17, 15) is 8.42 Å². The van der Waals surface area contributed by atoms with E-state index in [1.54, 1.807) is 27.7 Å². The molecule has 0 rings (SSSR count). The summed E-state index contributed by atoms with van der Waals surface area (Å²) < 4.78 is 24.2. The van der Waals surface area contributed by atoms with Crippen molar-refractivity contribution in [3.63, 3.8) is 0 Å². The second-order valence-corrected chi connectivity index (χ2v) is 7.53. The molecular formula is C12H20N2O2S. The van der Waals surface area contributed by atoms with Crippen LogP contribution in [0.2, 0.25) is 0 Å². The van der Waals surface area contributed by atoms with Crippen LogP contribution in [0.1, 0.15) is 40.5 Å². The average molecular weight is 256 g/mol. The molecule has 0 saturated heterocycles. The highest BCUT2D eigenvalue weighted by molar-refractivity contribution is 7.92. The molecule has 0 amide bonds. The quantitative estimate of drug-likeness (QED) is 0.730. The summed E-state index contributed by atoms with van der Waals surface area (Å²) in [6, 6.07) is 4.08. The molecule has 0 aromatic heterocycles. The average Bonchev–Trinajstić information content (AvgIpc) is 2.28. The molecule has 17 heavy (non-hydrogen) atoms. The maximum absolute atomic E-state index is 12.1. The van der Waals surface area contributed by atoms with Gasteiger partial charge in [-0.1, -0.05) is 0 Å². The normalized spacial score (nSPS) is 18.5. The Morgan fingerprint density at radius 2 is 1.18 bits per heavy atom. The van der Waals surface area contributed by atoms with Crippen molar-refractivity contribution < 1.29 is 8.42 Å². The molecule has 0 spiro atoms. The number of nitriles is 2. The van der Waals surface area contributed by atoms with Gasteiger partial charge in [-0.2, -0.15) is 10.5 Å². The summed E-state index contributed by atoms with van der Waals surface area (Å²) in [5.41, 5.74) is 0. The van der Waals surface area contributed by atoms with Gasteiger partial charge in [0.1, 0.15) is 0 Å². The lowest BCUT2D eigenvalue weighted by Gasteiger charge is -2.20. The van der Waals surface area contributed by atoms with Gasteiger partial charge >= 0.3 is 0 Å². The topological polar surface area (TPSA) is 81.7 Å². The van der Waals surface area contributed by atoms with Crippen LogP contribution in [0.25, 0.3) is 0 Å². The van der Waals surface area contributed by atoms with E-state index in [2.05, 4.69) is 0 Å². The van der Waals surface area contributed by atoms with E-state index in [0.29, 0.717) is 12.8 Å². The molecule has 4 unspecified atom stereocenters. The standard InChI is InChI=1S/C12H20N2O2S/c1-9(7-13)5-11(3)17(15,16)12(4)6-10(2)8-14/h9-12H,5-6H2,1-4H3. The second kappa shape index (κ2) is 6.61. The van der Waals surface area contributed by atoms with Crippen molar-refractivity contribution in [2.24, 2.45) is 11.8 Å². The fourth-order valence-corrected chi connectivity index (χ4v) is 3.67. The van der Waals surface area contributed by atoms with Crippen molar-refractivity contribution in [2.75, 3.05) is 0 Å². The number of nitrogens with zero attached hydrogens (tertiary/aromatic N) is 2. The van der Waals surface area contributed by atoms with Gasteiger partial charge in [0.25, 0.3) is 0 Å². The van der Waals surface area contributed by atoms with Crippen molar-refractivity contribution in [3.8, 4) is 12.1 Å². The van der Waals surface area contributed by atoms with Gasteiger partial charge < -0.3 is 0 Å². The minimum Gasteiger partial charge on any atom is -0.228 e. The van der Waals surface area contributed by atoms with Gasteiger partial charge in [-0.05, 0) is 40.5 Å². The van der Waals surface area contributed by atoms with Crippen LogP contribution < -0.4 is 0 Å². The van der Waals surface area contributed by atoms with Crippen LogP contribution in [0.4, 0.5) is 0 Å². The molecule has 96 valence electrons. The van der Waals surface area contributed by atoms with Gasteiger partial charge in [0.15, 0.2) is 9.84 Å². The number of hydrogen-bond donors (Lipinski definition) is 0. The number of rotatable bonds is 6. The fraction of sp³-hybridized carbons (Fsp3) is 0.833. The highest BCUT2D eigenvalue weighted by Gasteiger charge is 2.29. The maximum atomic E-state index is 12.1. The van der Waals surface area contributed by atoms with Crippen LogP contribution in [-0.2, 0) is 9.84 Å². The van der Waals surface area contributed by atoms with Crippen LogP contribution in [0.15, 0.2) is 0 Å². The SMILES string of the molecule is CC(C#N)CC(C)S(=O)(=O)C(C)CC(C)C#N. The van der Waals surface area contributed by atoms with Crippen LogP contribution in [0, 0.1) is 34.5 Å². The van der Waals surface area contributed by atoms with Crippen LogP contribution in [0.3, 0.4) is 0 Å². The van der Waals surface area contributed by atoms with Crippen molar-refractivity contribution >= 4 is 9.84 Å². The molecule has 0 N–H and O–H groups in total. The summed E-state index contributed by atoms with van der Waals surface area (Å²) in [4.78, 5) is 0. The van der Waals surface area contributed by atoms with Crippen molar-refractivity contribution in [3.05, 3.63) is 0 Å². The predicted octanol–water partition coefficient (Wildman–Crippen LogP) is 2.28. The Morgan fingerprint density at radius 1 is 0.882 bits per heavy atom. The minimum absolute atomic E-state index is 0.264. The molecule has 0 saturated carbocycles. The zero-order chi connectivity index (χ0) is 13.6. The summed E-state index contributed by atoms with van der Waals surface area (Å²) in [5.74, 6) is -0.527. The van der Waals surface area contributed by atoms with E-state index < -0.39 is 20.3 Å². The molecule has 4 atom stereocenters. The molecule has 4 nitrogen and oxygen atoms in total. The lowest BCUT2D eigenvalue weighted by molar-refractivity contribution is 0.533. The zero-order valence-corrected chi connectivity index (χ0v) is 11.7. The van der Waals surface area contributed by atoms with Gasteiger partial charge in [0.05, 0.1) is 22.6 Å². The first-order valence-corrected chi connectivity index (χ1v) is 7.38. The Labute approximate surface area is 104 Å². The molecule has 5 heteroatoms. The van der Waals surface area contributed by atoms with E-state index >= 15 is 0 Å². The summed E-state index contributed by atoms with van der Waals surface area (Å²) in [6.07, 6.45) is 0.703. The molecule has 0 fully saturated rings. The molecule has 0 aliphatic carbocycles. The van der Waals surface area contributed by atoms with E-state index in [1.807, 2.05) is 12.1 Å². The Morgan fingerprint density at radius 3 is 1.41 bits per heavy atom. The third-order valence-corrected chi connectivity index (χ3v) is 5.56. The molecule has 0 aromatic rings. The number of hydrogen-bond acceptors (Lipinski definition) is 4. The zero-order valence-electron chi connectivity index (χ0n) is 10.8. The van der Waals surface area contributed by atoms with E-state index in [4.69, 9.17) is 10.5 Å². The highest BCUT2D eigenvalue weighted by atomic mass is 32.2. The molecular weight excluding hydrogens is 236 g/mol. The largest absolute Gasteiger partial charge is 0.228 e. The van der Waals surface area contributed by atoms with Gasteiger partial charge in [-0.25, -0.2) is 8.42 Å². The van der Waals surface area contributed by atoms with Gasteiger partial charge in [0.2, 0.25) is 0 Å². The number of sulfone groups is 1. The molecule has 0 aliphatic rings. The molecule has 0 aliphatic heterocycles. The van der Waals surface area contributed by atoms with Gasteiger partial charge in [-0.15, -0.1) is 0 Å². The first-order valence-electron chi connectivity index (χ1n) is 5.77. The van der Waals surface area contributed by atoms with Crippen molar-refractivity contribution in [2.45, 2.75) is 51.0 Å². The lowest BCUT2D eigenvalue weighted by atomic mass is 10.1. The van der Waals surface area contributed by atoms with Crippen LogP contribution in [0.5, 0.6) is 0 Å². The highest BCUT2D eigenvalue weighted by Crippen LogP contribution is 2.21. The van der Waals surface area contributed by atoms with Crippen LogP contribution in [-0.4, -0.2) is 18.9 Å². The van der Waals surface area contributed by atoms with Crippen LogP contribution >= 0.6 is 0 Å². The molecule has 0 aromatic carbocycles. The maximum Gasteiger partial charge on any atom is 0.155 e. The van der Waals surface area contributed by atoms with Crippen molar-refractivity contribution in [1.82, 2.24) is 0 Å². The smallest absolute Gasteiger partial charge is 0.155 e. The van der Waals surface area contributed by atoms with Gasteiger partial charge in [-0.3, -0.25) is 0 Å². The molecule has 0 bridgehead atoms. The van der Waals surface area contributed by atoms with E-state index in [-0.39, 0.29) is 11.8 Å². The Bertz CT molecular complexity index is 383.